The molecule has 1 aromatic heterocycles. The lowest BCUT2D eigenvalue weighted by Gasteiger charge is -2.02. The first-order valence-electron chi connectivity index (χ1n) is 6.12. The Bertz CT molecular complexity index is 560. The van der Waals surface area contributed by atoms with Crippen LogP contribution < -0.4 is 0 Å². The average molecular weight is 262 g/mol. The van der Waals surface area contributed by atoms with Crippen LogP contribution in [-0.2, 0) is 18.3 Å². The van der Waals surface area contributed by atoms with E-state index in [9.17, 15) is 4.79 Å². The third kappa shape index (κ3) is 2.93. The molecular formula is C14H18N2OS. The lowest BCUT2D eigenvalue weighted by atomic mass is 10.1. The van der Waals surface area contributed by atoms with Crippen molar-refractivity contribution in [1.29, 1.82) is 0 Å². The van der Waals surface area contributed by atoms with Gasteiger partial charge >= 0.3 is 0 Å². The molecule has 1 heterocycles. The van der Waals surface area contributed by atoms with Gasteiger partial charge in [-0.3, -0.25) is 9.48 Å². The van der Waals surface area contributed by atoms with E-state index in [2.05, 4.69) is 18.9 Å². The van der Waals surface area contributed by atoms with Crippen LogP contribution in [0.15, 0.2) is 24.3 Å². The van der Waals surface area contributed by atoms with Gasteiger partial charge in [-0.15, -0.1) is 0 Å². The zero-order chi connectivity index (χ0) is 13.1. The summed E-state index contributed by atoms with van der Waals surface area (Å²) in [6.45, 7) is 4.21. The van der Waals surface area contributed by atoms with Crippen molar-refractivity contribution in [3.63, 3.8) is 0 Å². The second-order valence-electron chi connectivity index (χ2n) is 4.66. The minimum atomic E-state index is 0.248. The number of rotatable bonds is 5. The van der Waals surface area contributed by atoms with Gasteiger partial charge in [0.1, 0.15) is 5.78 Å². The van der Waals surface area contributed by atoms with Gasteiger partial charge in [-0.1, -0.05) is 32.0 Å². The Balaban J connectivity index is 2.14. The Morgan fingerprint density at radius 2 is 2.11 bits per heavy atom. The molecule has 0 unspecified atom stereocenters. The van der Waals surface area contributed by atoms with E-state index in [1.54, 1.807) is 11.8 Å². The highest BCUT2D eigenvalue weighted by Crippen LogP contribution is 2.19. The predicted octanol–water partition coefficient (Wildman–Crippen LogP) is 2.83. The molecule has 0 aliphatic heterocycles. The molecule has 4 heteroatoms. The number of fused-ring (bicyclic) bond motifs is 1. The van der Waals surface area contributed by atoms with Gasteiger partial charge in [0.15, 0.2) is 0 Å². The van der Waals surface area contributed by atoms with Crippen LogP contribution in [0.25, 0.3) is 10.9 Å². The summed E-state index contributed by atoms with van der Waals surface area (Å²) in [6, 6.07) is 8.03. The molecule has 1 aromatic carbocycles. The number of carbonyl (C=O) groups is 1. The highest BCUT2D eigenvalue weighted by Gasteiger charge is 2.12. The van der Waals surface area contributed by atoms with Crippen molar-refractivity contribution in [2.75, 3.05) is 5.75 Å². The second kappa shape index (κ2) is 5.57. The predicted molar refractivity (Wildman–Crippen MR) is 77.0 cm³/mol. The second-order valence-corrected chi connectivity index (χ2v) is 6.23. The zero-order valence-electron chi connectivity index (χ0n) is 11.0. The number of carbonyl (C=O) groups excluding carboxylic acids is 1. The van der Waals surface area contributed by atoms with Gasteiger partial charge in [0.2, 0.25) is 0 Å². The minimum Gasteiger partial charge on any atom is -0.298 e. The van der Waals surface area contributed by atoms with E-state index in [4.69, 9.17) is 0 Å². The van der Waals surface area contributed by atoms with Crippen molar-refractivity contribution in [3.05, 3.63) is 30.0 Å². The van der Waals surface area contributed by atoms with Crippen LogP contribution in [0.4, 0.5) is 0 Å². The number of aryl methyl sites for hydroxylation is 1. The number of hydrogen-bond acceptors (Lipinski definition) is 3. The van der Waals surface area contributed by atoms with Gasteiger partial charge in [-0.25, -0.2) is 0 Å². The topological polar surface area (TPSA) is 34.9 Å². The number of hydrogen-bond donors (Lipinski definition) is 0. The Morgan fingerprint density at radius 3 is 2.83 bits per heavy atom. The number of aromatic nitrogens is 2. The summed E-state index contributed by atoms with van der Waals surface area (Å²) >= 11 is 1.69. The monoisotopic (exact) mass is 262 g/mol. The highest BCUT2D eigenvalue weighted by molar-refractivity contribution is 8.00. The molecule has 0 amide bonds. The van der Waals surface area contributed by atoms with Crippen molar-refractivity contribution >= 4 is 28.4 Å². The van der Waals surface area contributed by atoms with Gasteiger partial charge in [-0.2, -0.15) is 16.9 Å². The first-order valence-corrected chi connectivity index (χ1v) is 7.16. The fraction of sp³-hybridized carbons (Fsp3) is 0.429. The Morgan fingerprint density at radius 1 is 1.39 bits per heavy atom. The summed E-state index contributed by atoms with van der Waals surface area (Å²) in [7, 11) is 1.92. The van der Waals surface area contributed by atoms with E-state index in [1.807, 2.05) is 36.0 Å². The summed E-state index contributed by atoms with van der Waals surface area (Å²) < 4.78 is 1.84. The molecule has 0 atom stereocenters. The molecule has 0 bridgehead atoms. The Kier molecular flexibility index (Phi) is 4.07. The fourth-order valence-electron chi connectivity index (χ4n) is 1.92. The van der Waals surface area contributed by atoms with Crippen LogP contribution in [0.5, 0.6) is 0 Å². The maximum Gasteiger partial charge on any atom is 0.148 e. The first kappa shape index (κ1) is 13.1. The first-order chi connectivity index (χ1) is 8.58. The lowest BCUT2D eigenvalue weighted by molar-refractivity contribution is -0.116. The molecule has 2 rings (SSSR count). The van der Waals surface area contributed by atoms with Crippen molar-refractivity contribution in [2.24, 2.45) is 7.05 Å². The van der Waals surface area contributed by atoms with Gasteiger partial charge < -0.3 is 0 Å². The summed E-state index contributed by atoms with van der Waals surface area (Å²) in [4.78, 5) is 11.9. The molecular weight excluding hydrogens is 244 g/mol. The molecule has 0 N–H and O–H groups in total. The average Bonchev–Trinajstić information content (AvgIpc) is 2.65. The number of Topliss-reactive ketones (excluding diaryl/α,β-unsaturated/α-hetero) is 1. The quantitative estimate of drug-likeness (QED) is 0.831. The molecule has 0 spiro atoms. The molecule has 0 saturated heterocycles. The van der Waals surface area contributed by atoms with Crippen LogP contribution in [0.1, 0.15) is 19.5 Å². The lowest BCUT2D eigenvalue weighted by Crippen LogP contribution is -2.08. The smallest absolute Gasteiger partial charge is 0.148 e. The number of benzene rings is 1. The van der Waals surface area contributed by atoms with Gasteiger partial charge in [0.25, 0.3) is 0 Å². The summed E-state index contributed by atoms with van der Waals surface area (Å²) in [6.07, 6.45) is 0.432. The Labute approximate surface area is 112 Å². The number of thioether (sulfide) groups is 1. The van der Waals surface area contributed by atoms with Gasteiger partial charge in [0, 0.05) is 12.4 Å². The van der Waals surface area contributed by atoms with Gasteiger partial charge in [0.05, 0.1) is 23.4 Å². The minimum absolute atomic E-state index is 0.248. The molecule has 0 saturated carbocycles. The maximum absolute atomic E-state index is 11.9. The SMILES string of the molecule is CC(C)SCC(=O)Cc1nn(C)c2ccccc12. The van der Waals surface area contributed by atoms with E-state index in [0.717, 1.165) is 16.6 Å². The molecule has 0 radical (unpaired) electrons. The fourth-order valence-corrected chi connectivity index (χ4v) is 2.54. The van der Waals surface area contributed by atoms with Crippen LogP contribution in [0, 0.1) is 0 Å². The summed E-state index contributed by atoms with van der Waals surface area (Å²) in [5.74, 6) is 0.820. The molecule has 2 aromatic rings. The number of nitrogens with zero attached hydrogens (tertiary/aromatic N) is 2. The maximum atomic E-state index is 11.9. The van der Waals surface area contributed by atoms with E-state index in [-0.39, 0.29) is 5.78 Å². The molecule has 96 valence electrons. The number of ketones is 1. The zero-order valence-corrected chi connectivity index (χ0v) is 11.8. The van der Waals surface area contributed by atoms with Crippen LogP contribution in [0.3, 0.4) is 0 Å². The largest absolute Gasteiger partial charge is 0.298 e. The van der Waals surface area contributed by atoms with Crippen molar-refractivity contribution in [2.45, 2.75) is 25.5 Å². The molecule has 0 aliphatic rings. The van der Waals surface area contributed by atoms with Crippen LogP contribution in [-0.4, -0.2) is 26.6 Å². The van der Waals surface area contributed by atoms with E-state index < -0.39 is 0 Å². The molecule has 3 nitrogen and oxygen atoms in total. The molecule has 0 fully saturated rings. The van der Waals surface area contributed by atoms with E-state index in [0.29, 0.717) is 17.4 Å². The highest BCUT2D eigenvalue weighted by atomic mass is 32.2. The van der Waals surface area contributed by atoms with Crippen molar-refractivity contribution in [1.82, 2.24) is 9.78 Å². The molecule has 18 heavy (non-hydrogen) atoms. The summed E-state index contributed by atoms with van der Waals surface area (Å²) in [5, 5.41) is 6.02. The van der Waals surface area contributed by atoms with Crippen LogP contribution in [0.2, 0.25) is 0 Å². The summed E-state index contributed by atoms with van der Waals surface area (Å²) in [5.41, 5.74) is 1.97. The standard InChI is InChI=1S/C14H18N2OS/c1-10(2)18-9-11(17)8-13-12-6-4-5-7-14(12)16(3)15-13/h4-7,10H,8-9H2,1-3H3. The van der Waals surface area contributed by atoms with Gasteiger partial charge in [-0.05, 0) is 11.3 Å². The van der Waals surface area contributed by atoms with Crippen LogP contribution >= 0.6 is 11.8 Å². The van der Waals surface area contributed by atoms with E-state index in [1.165, 1.54) is 0 Å². The Hall–Kier alpha value is -1.29. The third-order valence-electron chi connectivity index (χ3n) is 2.78. The third-order valence-corrected chi connectivity index (χ3v) is 3.93. The normalized spacial score (nSPS) is 11.3. The van der Waals surface area contributed by atoms with Crippen molar-refractivity contribution in [3.8, 4) is 0 Å². The van der Waals surface area contributed by atoms with E-state index >= 15 is 0 Å². The molecule has 0 aliphatic carbocycles. The number of para-hydroxylation sites is 1. The van der Waals surface area contributed by atoms with Crippen molar-refractivity contribution < 1.29 is 4.79 Å².